The van der Waals surface area contributed by atoms with E-state index in [2.05, 4.69) is 30.5 Å². The number of alkyl halides is 3. The van der Waals surface area contributed by atoms with Gasteiger partial charge < -0.3 is 19.9 Å². The minimum absolute atomic E-state index is 0.0185. The number of aromatic nitrogens is 5. The Balaban J connectivity index is 1.45. The molecule has 3 aromatic heterocycles. The predicted molar refractivity (Wildman–Crippen MR) is 126 cm³/mol. The summed E-state index contributed by atoms with van der Waals surface area (Å²) in [6.07, 6.45) is -4.28. The van der Waals surface area contributed by atoms with E-state index in [1.54, 1.807) is 24.0 Å². The van der Waals surface area contributed by atoms with E-state index in [4.69, 9.17) is 4.74 Å². The first-order valence-corrected chi connectivity index (χ1v) is 11.4. The molecule has 0 bridgehead atoms. The van der Waals surface area contributed by atoms with Gasteiger partial charge in [0.15, 0.2) is 23.2 Å². The second kappa shape index (κ2) is 9.50. The van der Waals surface area contributed by atoms with Gasteiger partial charge in [-0.3, -0.25) is 10.00 Å². The summed E-state index contributed by atoms with van der Waals surface area (Å²) in [6.45, 7) is 3.38. The third-order valence-corrected chi connectivity index (χ3v) is 5.86. The topological polar surface area (TPSA) is 98.0 Å². The Bertz CT molecular complexity index is 1420. The normalized spacial score (nSPS) is 14.9. The summed E-state index contributed by atoms with van der Waals surface area (Å²) in [7, 11) is 0. The summed E-state index contributed by atoms with van der Waals surface area (Å²) in [4.78, 5) is 14.5. The largest absolute Gasteiger partial charge is 0.421 e. The average molecular weight is 522 g/mol. The molecule has 0 saturated carbocycles. The second-order valence-corrected chi connectivity index (χ2v) is 8.85. The minimum Gasteiger partial charge on any atom is -0.421 e. The van der Waals surface area contributed by atoms with Gasteiger partial charge in [0.05, 0.1) is 12.1 Å². The molecule has 0 spiro atoms. The lowest BCUT2D eigenvalue weighted by Gasteiger charge is -2.35. The molecule has 1 saturated heterocycles. The first kappa shape index (κ1) is 24.7. The van der Waals surface area contributed by atoms with Crippen LogP contribution < -0.4 is 15.0 Å². The maximum atomic E-state index is 15.1. The monoisotopic (exact) mass is 522 g/mol. The smallest absolute Gasteiger partial charge is 0.401 e. The molecule has 14 heteroatoms. The van der Waals surface area contributed by atoms with Gasteiger partial charge in [0.25, 0.3) is 0 Å². The van der Waals surface area contributed by atoms with Gasteiger partial charge in [-0.25, -0.2) is 8.78 Å². The van der Waals surface area contributed by atoms with Crippen LogP contribution in [0.4, 0.5) is 39.4 Å². The molecule has 1 fully saturated rings. The highest BCUT2D eigenvalue weighted by Gasteiger charge is 2.32. The Morgan fingerprint density at radius 3 is 2.41 bits per heavy atom. The number of ether oxygens (including phenoxy) is 1. The first-order valence-electron chi connectivity index (χ1n) is 11.4. The van der Waals surface area contributed by atoms with Crippen LogP contribution in [0.5, 0.6) is 11.8 Å². The quantitative estimate of drug-likeness (QED) is 0.313. The molecule has 0 amide bonds. The van der Waals surface area contributed by atoms with Gasteiger partial charge in [-0.1, -0.05) is 0 Å². The van der Waals surface area contributed by atoms with Crippen molar-refractivity contribution >= 4 is 28.4 Å². The molecule has 1 aliphatic heterocycles. The molecule has 0 aliphatic carbocycles. The second-order valence-electron chi connectivity index (χ2n) is 8.85. The van der Waals surface area contributed by atoms with Gasteiger partial charge in [-0.2, -0.15) is 28.2 Å². The number of halogens is 5. The van der Waals surface area contributed by atoms with Crippen LogP contribution in [-0.2, 0) is 0 Å². The number of rotatable bonds is 6. The van der Waals surface area contributed by atoms with Gasteiger partial charge >= 0.3 is 12.2 Å². The third kappa shape index (κ3) is 5.58. The van der Waals surface area contributed by atoms with E-state index in [9.17, 15) is 17.6 Å². The van der Waals surface area contributed by atoms with Crippen LogP contribution in [0.1, 0.15) is 11.4 Å². The summed E-state index contributed by atoms with van der Waals surface area (Å²) in [5.74, 6) is -0.841. The molecule has 196 valence electrons. The summed E-state index contributed by atoms with van der Waals surface area (Å²) in [5, 5.41) is 9.90. The fourth-order valence-corrected chi connectivity index (χ4v) is 4.19. The maximum absolute atomic E-state index is 15.1. The van der Waals surface area contributed by atoms with Crippen LogP contribution in [0, 0.1) is 25.5 Å². The minimum atomic E-state index is -4.28. The SMILES string of the molecule is Cc1cc(Nc2cc(N3CCN(CC(F)(F)F)CC3)nc(Oc3cc(F)c4[nH]c(C)cc4c3F)n2)n[nH]1. The van der Waals surface area contributed by atoms with Crippen LogP contribution in [-0.4, -0.2) is 68.9 Å². The number of hydrogen-bond acceptors (Lipinski definition) is 7. The van der Waals surface area contributed by atoms with Crippen molar-refractivity contribution in [3.05, 3.63) is 47.3 Å². The van der Waals surface area contributed by atoms with Gasteiger partial charge in [0, 0.05) is 61.2 Å². The maximum Gasteiger partial charge on any atom is 0.401 e. The highest BCUT2D eigenvalue weighted by Crippen LogP contribution is 2.33. The van der Waals surface area contributed by atoms with Crippen molar-refractivity contribution in [1.29, 1.82) is 0 Å². The molecule has 5 rings (SSSR count). The number of aryl methyl sites for hydroxylation is 2. The third-order valence-electron chi connectivity index (χ3n) is 5.86. The van der Waals surface area contributed by atoms with E-state index < -0.39 is 30.1 Å². The molecule has 9 nitrogen and oxygen atoms in total. The fraction of sp³-hybridized carbons (Fsp3) is 0.348. The molecule has 1 aliphatic rings. The molecular weight excluding hydrogens is 499 g/mol. The molecule has 0 unspecified atom stereocenters. The number of nitrogens with zero attached hydrogens (tertiary/aromatic N) is 5. The van der Waals surface area contributed by atoms with E-state index in [-0.39, 0.29) is 48.9 Å². The first-order chi connectivity index (χ1) is 17.5. The molecule has 4 aromatic rings. The van der Waals surface area contributed by atoms with Crippen LogP contribution in [0.15, 0.2) is 24.3 Å². The van der Waals surface area contributed by atoms with Crippen LogP contribution in [0.3, 0.4) is 0 Å². The number of H-pyrrole nitrogens is 2. The Labute approximate surface area is 207 Å². The van der Waals surface area contributed by atoms with Crippen LogP contribution >= 0.6 is 0 Å². The number of piperazine rings is 1. The van der Waals surface area contributed by atoms with Gasteiger partial charge in [-0.15, -0.1) is 0 Å². The van der Waals surface area contributed by atoms with Crippen molar-refractivity contribution in [3.63, 3.8) is 0 Å². The van der Waals surface area contributed by atoms with Gasteiger partial charge in [0.1, 0.15) is 11.6 Å². The lowest BCUT2D eigenvalue weighted by molar-refractivity contribution is -0.146. The number of aromatic amines is 2. The number of fused-ring (bicyclic) bond motifs is 1. The van der Waals surface area contributed by atoms with E-state index in [1.165, 1.54) is 11.0 Å². The summed E-state index contributed by atoms with van der Waals surface area (Å²) in [5.41, 5.74) is 1.39. The van der Waals surface area contributed by atoms with E-state index in [0.29, 0.717) is 17.3 Å². The fourth-order valence-electron chi connectivity index (χ4n) is 4.19. The number of benzene rings is 1. The number of nitrogens with one attached hydrogen (secondary N) is 3. The summed E-state index contributed by atoms with van der Waals surface area (Å²) < 4.78 is 73.7. The van der Waals surface area contributed by atoms with Crippen molar-refractivity contribution in [1.82, 2.24) is 30.0 Å². The zero-order valence-electron chi connectivity index (χ0n) is 19.9. The Hall–Kier alpha value is -3.94. The van der Waals surface area contributed by atoms with Crippen molar-refractivity contribution in [2.75, 3.05) is 42.9 Å². The standard InChI is InChI=1S/C23H23F5N8O/c1-12-7-14-20(25)16(9-15(24)21(14)29-12)37-22-31-17(30-18-8-13(2)33-34-18)10-19(32-22)36-5-3-35(4-6-36)11-23(26,27)28/h7-10,29H,3-6,11H2,1-2H3,(H2,30,31,32,33,34). The predicted octanol–water partition coefficient (Wildman–Crippen LogP) is 4.80. The van der Waals surface area contributed by atoms with Crippen LogP contribution in [0.25, 0.3) is 10.9 Å². The van der Waals surface area contributed by atoms with Crippen molar-refractivity contribution in [3.8, 4) is 11.8 Å². The van der Waals surface area contributed by atoms with E-state index in [0.717, 1.165) is 11.8 Å². The van der Waals surface area contributed by atoms with E-state index >= 15 is 4.39 Å². The number of anilines is 3. The van der Waals surface area contributed by atoms with Crippen molar-refractivity contribution in [2.45, 2.75) is 20.0 Å². The highest BCUT2D eigenvalue weighted by molar-refractivity contribution is 5.83. The highest BCUT2D eigenvalue weighted by atomic mass is 19.4. The summed E-state index contributed by atoms with van der Waals surface area (Å²) >= 11 is 0. The molecule has 4 heterocycles. The summed E-state index contributed by atoms with van der Waals surface area (Å²) in [6, 6.07) is 5.42. The lowest BCUT2D eigenvalue weighted by atomic mass is 10.2. The molecule has 3 N–H and O–H groups in total. The molecule has 0 radical (unpaired) electrons. The number of hydrogen-bond donors (Lipinski definition) is 3. The van der Waals surface area contributed by atoms with Gasteiger partial charge in [-0.05, 0) is 19.9 Å². The molecule has 1 aromatic carbocycles. The zero-order valence-corrected chi connectivity index (χ0v) is 19.9. The van der Waals surface area contributed by atoms with E-state index in [1.807, 2.05) is 6.92 Å². The van der Waals surface area contributed by atoms with Gasteiger partial charge in [0.2, 0.25) is 0 Å². The molecular formula is C23H23F5N8O. The molecule has 37 heavy (non-hydrogen) atoms. The zero-order chi connectivity index (χ0) is 26.3. The Morgan fingerprint density at radius 1 is 0.973 bits per heavy atom. The lowest BCUT2D eigenvalue weighted by Crippen LogP contribution is -2.49. The Morgan fingerprint density at radius 2 is 1.73 bits per heavy atom. The average Bonchev–Trinajstić information content (AvgIpc) is 3.42. The van der Waals surface area contributed by atoms with Crippen molar-refractivity contribution < 1.29 is 26.7 Å². The Kier molecular flexibility index (Phi) is 6.35. The molecule has 0 atom stereocenters. The van der Waals surface area contributed by atoms with Crippen LogP contribution in [0.2, 0.25) is 0 Å². The van der Waals surface area contributed by atoms with Crippen molar-refractivity contribution in [2.24, 2.45) is 0 Å².